The van der Waals surface area contributed by atoms with Crippen LogP contribution in [0.3, 0.4) is 0 Å². The lowest BCUT2D eigenvalue weighted by molar-refractivity contribution is -0.133. The highest BCUT2D eigenvalue weighted by Gasteiger charge is 2.19. The second-order valence-corrected chi connectivity index (χ2v) is 6.54. The first-order valence-electron chi connectivity index (χ1n) is 5.68. The van der Waals surface area contributed by atoms with Crippen LogP contribution in [0, 0.1) is 13.8 Å². The van der Waals surface area contributed by atoms with E-state index in [1.54, 1.807) is 16.0 Å². The van der Waals surface area contributed by atoms with E-state index in [1.807, 2.05) is 6.92 Å². The largest absolute Gasteiger partial charge is 0.481 e. The Hall–Kier alpha value is -1.41. The molecule has 0 saturated heterocycles. The van der Waals surface area contributed by atoms with Crippen LogP contribution < -0.4 is 0 Å². The number of aryl methyl sites for hydroxylation is 2. The van der Waals surface area contributed by atoms with Gasteiger partial charge in [-0.05, 0) is 42.8 Å². The Bertz CT molecular complexity index is 593. The summed E-state index contributed by atoms with van der Waals surface area (Å²) in [4.78, 5) is 13.1. The Kier molecular flexibility index (Phi) is 4.20. The highest BCUT2D eigenvalue weighted by molar-refractivity contribution is 7.99. The van der Waals surface area contributed by atoms with Gasteiger partial charge in [-0.3, -0.25) is 4.79 Å². The lowest BCUT2D eigenvalue weighted by Gasteiger charge is -2.12. The van der Waals surface area contributed by atoms with E-state index in [9.17, 15) is 4.79 Å². The Balaban J connectivity index is 2.24. The summed E-state index contributed by atoms with van der Waals surface area (Å²) in [6.45, 7) is 6.14. The van der Waals surface area contributed by atoms with Gasteiger partial charge in [0.1, 0.15) is 0 Å². The second kappa shape index (κ2) is 5.70. The topological polar surface area (TPSA) is 80.9 Å². The van der Waals surface area contributed by atoms with Gasteiger partial charge in [-0.1, -0.05) is 11.8 Å². The predicted octanol–water partition coefficient (Wildman–Crippen LogP) is 2.14. The van der Waals surface area contributed by atoms with Gasteiger partial charge in [0.05, 0.1) is 11.8 Å². The van der Waals surface area contributed by atoms with Crippen molar-refractivity contribution in [3.8, 4) is 0 Å². The number of hydrogen-bond acceptors (Lipinski definition) is 6. The van der Waals surface area contributed by atoms with Crippen LogP contribution in [0.1, 0.15) is 28.3 Å². The average Bonchev–Trinajstić information content (AvgIpc) is 2.92. The summed E-state index contributed by atoms with van der Waals surface area (Å²) < 4.78 is 1.67. The molecule has 2 aromatic rings. The Labute approximate surface area is 118 Å². The molecule has 1 unspecified atom stereocenters. The fourth-order valence-electron chi connectivity index (χ4n) is 1.85. The third-order valence-electron chi connectivity index (χ3n) is 2.68. The smallest absolute Gasteiger partial charge is 0.313 e. The van der Waals surface area contributed by atoms with Crippen molar-refractivity contribution in [2.24, 2.45) is 0 Å². The van der Waals surface area contributed by atoms with Crippen molar-refractivity contribution in [3.63, 3.8) is 0 Å². The summed E-state index contributed by atoms with van der Waals surface area (Å²) in [5.41, 5.74) is 1.17. The molecule has 102 valence electrons. The summed E-state index contributed by atoms with van der Waals surface area (Å²) in [7, 11) is 0. The zero-order valence-corrected chi connectivity index (χ0v) is 12.5. The van der Waals surface area contributed by atoms with Crippen LogP contribution in [0.15, 0.2) is 11.2 Å². The van der Waals surface area contributed by atoms with Gasteiger partial charge in [-0.25, -0.2) is 4.68 Å². The SMILES string of the molecule is Cc1cc(C(C)n2nnnc2SCC(=O)O)c(C)s1. The molecular formula is C11H14N4O2S2. The van der Waals surface area contributed by atoms with E-state index in [0.717, 1.165) is 11.8 Å². The molecule has 0 radical (unpaired) electrons. The van der Waals surface area contributed by atoms with Crippen molar-refractivity contribution in [1.29, 1.82) is 0 Å². The molecule has 0 amide bonds. The zero-order chi connectivity index (χ0) is 14.0. The number of hydrogen-bond donors (Lipinski definition) is 1. The summed E-state index contributed by atoms with van der Waals surface area (Å²) >= 11 is 2.86. The van der Waals surface area contributed by atoms with E-state index in [2.05, 4.69) is 35.4 Å². The Morgan fingerprint density at radius 3 is 2.89 bits per heavy atom. The summed E-state index contributed by atoms with van der Waals surface area (Å²) in [6.07, 6.45) is 0. The van der Waals surface area contributed by atoms with Crippen molar-refractivity contribution in [2.45, 2.75) is 32.0 Å². The van der Waals surface area contributed by atoms with Gasteiger partial charge in [0.2, 0.25) is 5.16 Å². The molecule has 2 aromatic heterocycles. The van der Waals surface area contributed by atoms with E-state index in [1.165, 1.54) is 15.3 Å². The number of thioether (sulfide) groups is 1. The molecule has 19 heavy (non-hydrogen) atoms. The van der Waals surface area contributed by atoms with Gasteiger partial charge in [0, 0.05) is 9.75 Å². The lowest BCUT2D eigenvalue weighted by Crippen LogP contribution is -2.11. The number of carboxylic acid groups (broad SMARTS) is 1. The van der Waals surface area contributed by atoms with Crippen LogP contribution in [0.2, 0.25) is 0 Å². The van der Waals surface area contributed by atoms with Crippen LogP contribution in [-0.4, -0.2) is 37.0 Å². The number of nitrogens with zero attached hydrogens (tertiary/aromatic N) is 4. The predicted molar refractivity (Wildman–Crippen MR) is 73.8 cm³/mol. The molecule has 6 nitrogen and oxygen atoms in total. The molecule has 0 aliphatic rings. The van der Waals surface area contributed by atoms with Crippen molar-refractivity contribution < 1.29 is 9.90 Å². The number of rotatable bonds is 5. The molecule has 0 aliphatic carbocycles. The summed E-state index contributed by atoms with van der Waals surface area (Å²) in [5.74, 6) is -0.927. The van der Waals surface area contributed by atoms with Crippen LogP contribution in [0.5, 0.6) is 0 Å². The molecule has 2 rings (SSSR count). The second-order valence-electron chi connectivity index (χ2n) is 4.13. The van der Waals surface area contributed by atoms with Crippen molar-refractivity contribution in [3.05, 3.63) is 21.4 Å². The molecule has 0 fully saturated rings. The van der Waals surface area contributed by atoms with Gasteiger partial charge >= 0.3 is 5.97 Å². The highest BCUT2D eigenvalue weighted by Crippen LogP contribution is 2.30. The average molecular weight is 298 g/mol. The number of carbonyl (C=O) groups is 1. The maximum atomic E-state index is 10.6. The zero-order valence-electron chi connectivity index (χ0n) is 10.8. The molecule has 0 spiro atoms. The minimum Gasteiger partial charge on any atom is -0.481 e. The highest BCUT2D eigenvalue weighted by atomic mass is 32.2. The van der Waals surface area contributed by atoms with E-state index in [4.69, 9.17) is 5.11 Å². The minimum atomic E-state index is -0.880. The molecular weight excluding hydrogens is 284 g/mol. The van der Waals surface area contributed by atoms with E-state index >= 15 is 0 Å². The third-order valence-corrected chi connectivity index (χ3v) is 4.58. The fourth-order valence-corrected chi connectivity index (χ4v) is 3.54. The van der Waals surface area contributed by atoms with E-state index in [0.29, 0.717) is 5.16 Å². The summed E-state index contributed by atoms with van der Waals surface area (Å²) in [5, 5.41) is 20.7. The molecule has 0 bridgehead atoms. The number of thiophene rings is 1. The lowest BCUT2D eigenvalue weighted by atomic mass is 10.1. The first-order valence-corrected chi connectivity index (χ1v) is 7.48. The maximum absolute atomic E-state index is 10.6. The number of aromatic nitrogens is 4. The van der Waals surface area contributed by atoms with Gasteiger partial charge in [-0.15, -0.1) is 16.4 Å². The molecule has 8 heteroatoms. The first kappa shape index (κ1) is 14.0. The minimum absolute atomic E-state index is 0.00348. The van der Waals surface area contributed by atoms with Crippen molar-refractivity contribution in [2.75, 3.05) is 5.75 Å². The molecule has 0 aliphatic heterocycles. The van der Waals surface area contributed by atoms with E-state index in [-0.39, 0.29) is 11.8 Å². The first-order chi connectivity index (χ1) is 8.99. The van der Waals surface area contributed by atoms with Crippen LogP contribution in [-0.2, 0) is 4.79 Å². The summed E-state index contributed by atoms with van der Waals surface area (Å²) in [6, 6.07) is 2.12. The van der Waals surface area contributed by atoms with Crippen molar-refractivity contribution in [1.82, 2.24) is 20.2 Å². The third kappa shape index (κ3) is 3.13. The number of carboxylic acids is 1. The fraction of sp³-hybridized carbons (Fsp3) is 0.455. The van der Waals surface area contributed by atoms with Gasteiger partial charge < -0.3 is 5.11 Å². The van der Waals surface area contributed by atoms with Gasteiger partial charge in [0.15, 0.2) is 0 Å². The molecule has 0 aromatic carbocycles. The molecule has 2 heterocycles. The Morgan fingerprint density at radius 2 is 2.32 bits per heavy atom. The van der Waals surface area contributed by atoms with Crippen LogP contribution >= 0.6 is 23.1 Å². The number of tetrazole rings is 1. The van der Waals surface area contributed by atoms with E-state index < -0.39 is 5.97 Å². The quantitative estimate of drug-likeness (QED) is 0.852. The Morgan fingerprint density at radius 1 is 1.58 bits per heavy atom. The number of aliphatic carboxylic acids is 1. The monoisotopic (exact) mass is 298 g/mol. The normalized spacial score (nSPS) is 12.6. The standard InChI is InChI=1S/C11H14N4O2S2/c1-6-4-9(8(3)19-6)7(2)15-11(12-13-14-15)18-5-10(16)17/h4,7H,5H2,1-3H3,(H,16,17). The molecule has 1 N–H and O–H groups in total. The van der Waals surface area contributed by atoms with Crippen molar-refractivity contribution >= 4 is 29.1 Å². The van der Waals surface area contributed by atoms with Crippen LogP contribution in [0.4, 0.5) is 0 Å². The van der Waals surface area contributed by atoms with Gasteiger partial charge in [-0.2, -0.15) is 0 Å². The molecule has 0 saturated carbocycles. The van der Waals surface area contributed by atoms with Gasteiger partial charge in [0.25, 0.3) is 0 Å². The molecule has 1 atom stereocenters. The maximum Gasteiger partial charge on any atom is 0.313 e. The van der Waals surface area contributed by atoms with Crippen LogP contribution in [0.25, 0.3) is 0 Å².